The molecule has 0 radical (unpaired) electrons. The van der Waals surface area contributed by atoms with E-state index in [9.17, 15) is 19.5 Å². The van der Waals surface area contributed by atoms with Crippen molar-refractivity contribution in [3.8, 4) is 27.5 Å². The van der Waals surface area contributed by atoms with Crippen LogP contribution in [0.1, 0.15) is 54.9 Å². The quantitative estimate of drug-likeness (QED) is 0.231. The van der Waals surface area contributed by atoms with E-state index in [1.54, 1.807) is 27.7 Å². The number of amides is 1. The van der Waals surface area contributed by atoms with Gasteiger partial charge in [0.2, 0.25) is 0 Å². The monoisotopic (exact) mass is 632 g/mol. The molecular formula is C34H37ClN4O4S. The largest absolute Gasteiger partial charge is 0.480 e. The smallest absolute Gasteiger partial charge is 0.322 e. The molecule has 1 fully saturated rings. The summed E-state index contributed by atoms with van der Waals surface area (Å²) in [5.41, 5.74) is 5.56. The van der Waals surface area contributed by atoms with Gasteiger partial charge in [0.15, 0.2) is 0 Å². The van der Waals surface area contributed by atoms with Crippen molar-refractivity contribution in [2.24, 2.45) is 5.92 Å². The predicted octanol–water partition coefficient (Wildman–Crippen LogP) is 6.10. The van der Waals surface area contributed by atoms with E-state index in [0.717, 1.165) is 22.4 Å². The van der Waals surface area contributed by atoms with E-state index in [4.69, 9.17) is 16.6 Å². The first-order chi connectivity index (χ1) is 21.1. The molecule has 2 aromatic carbocycles. The fourth-order valence-corrected chi connectivity index (χ4v) is 6.70. The molecule has 2 aromatic heterocycles. The molecule has 2 N–H and O–H groups in total. The standard InChI is InChI=1S/C34H37ClN4O4S/c1-5-21-8-7-9-22(6-2)30(21)39-29(16-20(3)4)25(32(40)38-15-14-36-27(18-38)34(42)43)17-26(33(39)41)31-37-28(19-44-31)23-10-12-24(35)13-11-23/h7-13,17,19-20,27,36H,5-6,14-16,18H2,1-4H3,(H,42,43)/t27-/m0/s1. The minimum Gasteiger partial charge on any atom is -0.480 e. The number of nitrogens with zero attached hydrogens (tertiary/aromatic N) is 3. The molecule has 1 aliphatic rings. The number of aryl methyl sites for hydroxylation is 2. The number of carboxylic acids is 1. The van der Waals surface area contributed by atoms with Crippen LogP contribution in [0.4, 0.5) is 0 Å². The topological polar surface area (TPSA) is 105 Å². The lowest BCUT2D eigenvalue weighted by Crippen LogP contribution is -2.56. The summed E-state index contributed by atoms with van der Waals surface area (Å²) < 4.78 is 1.75. The highest BCUT2D eigenvalue weighted by Gasteiger charge is 2.32. The Hall–Kier alpha value is -3.79. The zero-order valence-corrected chi connectivity index (χ0v) is 27.0. The summed E-state index contributed by atoms with van der Waals surface area (Å²) in [5.74, 6) is -1.15. The van der Waals surface area contributed by atoms with Gasteiger partial charge in [-0.3, -0.25) is 19.0 Å². The van der Waals surface area contributed by atoms with Gasteiger partial charge in [0.1, 0.15) is 11.0 Å². The van der Waals surface area contributed by atoms with Crippen molar-refractivity contribution < 1.29 is 14.7 Å². The Kier molecular flexibility index (Phi) is 9.68. The van der Waals surface area contributed by atoms with Crippen LogP contribution in [0.5, 0.6) is 0 Å². The SMILES string of the molecule is CCc1cccc(CC)c1-n1c(CC(C)C)c(C(=O)N2CCN[C@H](C(=O)O)C2)cc(-c2nc(-c3ccc(Cl)cc3)cs2)c1=O. The van der Waals surface area contributed by atoms with Crippen molar-refractivity contribution in [3.05, 3.63) is 91.7 Å². The zero-order valence-electron chi connectivity index (χ0n) is 25.4. The van der Waals surface area contributed by atoms with Crippen LogP contribution in [0.15, 0.2) is 58.7 Å². The number of hydrogen-bond donors (Lipinski definition) is 2. The van der Waals surface area contributed by atoms with Crippen LogP contribution >= 0.6 is 22.9 Å². The van der Waals surface area contributed by atoms with Gasteiger partial charge in [-0.25, -0.2) is 4.98 Å². The molecule has 0 bridgehead atoms. The van der Waals surface area contributed by atoms with E-state index in [0.29, 0.717) is 64.9 Å². The average molecular weight is 633 g/mol. The lowest BCUT2D eigenvalue weighted by Gasteiger charge is -2.33. The highest BCUT2D eigenvalue weighted by atomic mass is 35.5. The van der Waals surface area contributed by atoms with Crippen LogP contribution in [0.3, 0.4) is 0 Å². The van der Waals surface area contributed by atoms with Crippen LogP contribution in [-0.4, -0.2) is 57.1 Å². The van der Waals surface area contributed by atoms with Gasteiger partial charge in [-0.2, -0.15) is 0 Å². The number of halogens is 1. The number of piperazine rings is 1. The number of benzene rings is 2. The Morgan fingerprint density at radius 2 is 1.80 bits per heavy atom. The van der Waals surface area contributed by atoms with Crippen molar-refractivity contribution in [1.29, 1.82) is 0 Å². The summed E-state index contributed by atoms with van der Waals surface area (Å²) in [6, 6.07) is 14.3. The summed E-state index contributed by atoms with van der Waals surface area (Å²) in [7, 11) is 0. The van der Waals surface area contributed by atoms with Crippen molar-refractivity contribution in [2.75, 3.05) is 19.6 Å². The maximum Gasteiger partial charge on any atom is 0.322 e. The summed E-state index contributed by atoms with van der Waals surface area (Å²) >= 11 is 7.45. The van der Waals surface area contributed by atoms with E-state index in [-0.39, 0.29) is 23.9 Å². The van der Waals surface area contributed by atoms with Crippen molar-refractivity contribution >= 4 is 34.8 Å². The molecule has 44 heavy (non-hydrogen) atoms. The van der Waals surface area contributed by atoms with E-state index in [1.165, 1.54) is 11.3 Å². The highest BCUT2D eigenvalue weighted by Crippen LogP contribution is 2.32. The van der Waals surface area contributed by atoms with Crippen LogP contribution in [0, 0.1) is 5.92 Å². The molecule has 10 heteroatoms. The van der Waals surface area contributed by atoms with Crippen molar-refractivity contribution in [1.82, 2.24) is 19.8 Å². The number of carbonyl (C=O) groups excluding carboxylic acids is 1. The fourth-order valence-electron chi connectivity index (χ4n) is 5.74. The first kappa shape index (κ1) is 31.6. The second-order valence-corrected chi connectivity index (χ2v) is 12.7. The molecule has 5 rings (SSSR count). The van der Waals surface area contributed by atoms with Crippen molar-refractivity contribution in [2.45, 2.75) is 53.0 Å². The van der Waals surface area contributed by atoms with Gasteiger partial charge in [0.05, 0.1) is 22.5 Å². The van der Waals surface area contributed by atoms with Crippen molar-refractivity contribution in [3.63, 3.8) is 0 Å². The van der Waals surface area contributed by atoms with Crippen LogP contribution in [0.2, 0.25) is 5.02 Å². The molecular weight excluding hydrogens is 596 g/mol. The van der Waals surface area contributed by atoms with Crippen LogP contribution < -0.4 is 10.9 Å². The van der Waals surface area contributed by atoms with Gasteiger partial charge in [-0.05, 0) is 54.5 Å². The molecule has 0 spiro atoms. The lowest BCUT2D eigenvalue weighted by molar-refractivity contribution is -0.140. The maximum absolute atomic E-state index is 14.7. The molecule has 1 aliphatic heterocycles. The summed E-state index contributed by atoms with van der Waals surface area (Å²) in [6.07, 6.45) is 1.90. The van der Waals surface area contributed by atoms with Gasteiger partial charge < -0.3 is 15.3 Å². The number of carboxylic acid groups (broad SMARTS) is 1. The molecule has 0 unspecified atom stereocenters. The normalized spacial score (nSPS) is 15.1. The minimum absolute atomic E-state index is 0.0352. The van der Waals surface area contributed by atoms with Gasteiger partial charge in [0.25, 0.3) is 11.5 Å². The number of carbonyl (C=O) groups is 2. The first-order valence-electron chi connectivity index (χ1n) is 15.0. The van der Waals surface area contributed by atoms with E-state index >= 15 is 0 Å². The van der Waals surface area contributed by atoms with E-state index in [2.05, 4.69) is 33.0 Å². The highest BCUT2D eigenvalue weighted by molar-refractivity contribution is 7.13. The Morgan fingerprint density at radius 1 is 1.11 bits per heavy atom. The van der Waals surface area contributed by atoms with Crippen LogP contribution in [0.25, 0.3) is 27.5 Å². The average Bonchev–Trinajstić information content (AvgIpc) is 3.51. The summed E-state index contributed by atoms with van der Waals surface area (Å²) in [6.45, 7) is 9.02. The number of para-hydroxylation sites is 1. The van der Waals surface area contributed by atoms with E-state index < -0.39 is 12.0 Å². The second kappa shape index (κ2) is 13.5. The molecule has 4 aromatic rings. The second-order valence-electron chi connectivity index (χ2n) is 11.4. The fraction of sp³-hybridized carbons (Fsp3) is 0.353. The number of aliphatic carboxylic acids is 1. The molecule has 3 heterocycles. The van der Waals surface area contributed by atoms with Gasteiger partial charge in [-0.1, -0.05) is 69.6 Å². The first-order valence-corrected chi connectivity index (χ1v) is 16.3. The number of thiazole rings is 1. The molecule has 1 atom stereocenters. The molecule has 230 valence electrons. The Morgan fingerprint density at radius 3 is 2.41 bits per heavy atom. The Labute approximate surface area is 266 Å². The third-order valence-corrected chi connectivity index (χ3v) is 9.09. The number of nitrogens with one attached hydrogen (secondary N) is 1. The zero-order chi connectivity index (χ0) is 31.5. The summed E-state index contributed by atoms with van der Waals surface area (Å²) in [5, 5.41) is 15.7. The maximum atomic E-state index is 14.7. The third-order valence-electron chi connectivity index (χ3n) is 7.96. The lowest BCUT2D eigenvalue weighted by atomic mass is 9.96. The number of rotatable bonds is 9. The third kappa shape index (κ3) is 6.36. The minimum atomic E-state index is -1.00. The summed E-state index contributed by atoms with van der Waals surface area (Å²) in [4.78, 5) is 47.3. The predicted molar refractivity (Wildman–Crippen MR) is 176 cm³/mol. The molecule has 1 amide bonds. The number of hydrogen-bond acceptors (Lipinski definition) is 6. The van der Waals surface area contributed by atoms with Gasteiger partial charge in [0, 0.05) is 41.3 Å². The van der Waals surface area contributed by atoms with Crippen LogP contribution in [-0.2, 0) is 24.1 Å². The Bertz CT molecular complexity index is 1720. The number of pyridine rings is 1. The molecule has 0 aliphatic carbocycles. The number of aromatic nitrogens is 2. The van der Waals surface area contributed by atoms with E-state index in [1.807, 2.05) is 35.7 Å². The van der Waals surface area contributed by atoms with Gasteiger partial charge in [-0.15, -0.1) is 11.3 Å². The van der Waals surface area contributed by atoms with Gasteiger partial charge >= 0.3 is 5.97 Å². The Balaban J connectivity index is 1.78. The molecule has 8 nitrogen and oxygen atoms in total. The molecule has 1 saturated heterocycles. The molecule has 0 saturated carbocycles.